The SMILES string of the molecule is CC[C@@H](O)C(C)C(=O)OC. The minimum Gasteiger partial charge on any atom is -0.469 e. The number of hydrogen-bond donors (Lipinski definition) is 1. The monoisotopic (exact) mass is 146 g/mol. The lowest BCUT2D eigenvalue weighted by atomic mass is 10.0. The van der Waals surface area contributed by atoms with Crippen LogP contribution in [0.4, 0.5) is 0 Å². The molecule has 0 saturated carbocycles. The van der Waals surface area contributed by atoms with E-state index in [0.29, 0.717) is 6.42 Å². The molecule has 0 radical (unpaired) electrons. The fraction of sp³-hybridized carbons (Fsp3) is 0.857. The van der Waals surface area contributed by atoms with Crippen molar-refractivity contribution < 1.29 is 14.6 Å². The normalized spacial score (nSPS) is 16.0. The van der Waals surface area contributed by atoms with Gasteiger partial charge in [0.15, 0.2) is 0 Å². The van der Waals surface area contributed by atoms with Crippen LogP contribution in [0.25, 0.3) is 0 Å². The van der Waals surface area contributed by atoms with Crippen molar-refractivity contribution in [1.29, 1.82) is 0 Å². The Morgan fingerprint density at radius 2 is 2.20 bits per heavy atom. The van der Waals surface area contributed by atoms with E-state index in [4.69, 9.17) is 5.11 Å². The Morgan fingerprint density at radius 1 is 1.70 bits per heavy atom. The summed E-state index contributed by atoms with van der Waals surface area (Å²) in [6.07, 6.45) is 0.00319. The van der Waals surface area contributed by atoms with Crippen LogP contribution in [-0.4, -0.2) is 24.3 Å². The van der Waals surface area contributed by atoms with Crippen LogP contribution in [0.15, 0.2) is 0 Å². The van der Waals surface area contributed by atoms with Gasteiger partial charge in [-0.15, -0.1) is 0 Å². The Morgan fingerprint density at radius 3 is 2.50 bits per heavy atom. The molecule has 0 amide bonds. The molecule has 0 spiro atoms. The lowest BCUT2D eigenvalue weighted by Gasteiger charge is -2.13. The van der Waals surface area contributed by atoms with Gasteiger partial charge < -0.3 is 9.84 Å². The van der Waals surface area contributed by atoms with Gasteiger partial charge in [-0.1, -0.05) is 6.92 Å². The zero-order valence-electron chi connectivity index (χ0n) is 6.63. The molecule has 10 heavy (non-hydrogen) atoms. The molecule has 3 heteroatoms. The molecule has 0 aliphatic carbocycles. The van der Waals surface area contributed by atoms with E-state index in [0.717, 1.165) is 0 Å². The van der Waals surface area contributed by atoms with Gasteiger partial charge in [0.05, 0.1) is 19.1 Å². The summed E-state index contributed by atoms with van der Waals surface area (Å²) in [6, 6.07) is 0. The molecule has 0 aromatic heterocycles. The van der Waals surface area contributed by atoms with Crippen molar-refractivity contribution in [1.82, 2.24) is 0 Å². The predicted octanol–water partition coefficient (Wildman–Crippen LogP) is 0.566. The summed E-state index contributed by atoms with van der Waals surface area (Å²) in [5.41, 5.74) is 0. The van der Waals surface area contributed by atoms with E-state index in [1.165, 1.54) is 7.11 Å². The molecule has 0 aliphatic heterocycles. The second-order valence-electron chi connectivity index (χ2n) is 2.29. The van der Waals surface area contributed by atoms with E-state index >= 15 is 0 Å². The quantitative estimate of drug-likeness (QED) is 0.592. The van der Waals surface area contributed by atoms with E-state index in [1.54, 1.807) is 6.92 Å². The Kier molecular flexibility index (Phi) is 4.03. The molecule has 0 aromatic carbocycles. The Hall–Kier alpha value is -0.570. The van der Waals surface area contributed by atoms with E-state index in [9.17, 15) is 4.79 Å². The summed E-state index contributed by atoms with van der Waals surface area (Å²) in [6.45, 7) is 3.48. The number of hydrogen-bond acceptors (Lipinski definition) is 3. The highest BCUT2D eigenvalue weighted by molar-refractivity contribution is 5.72. The second kappa shape index (κ2) is 4.28. The van der Waals surface area contributed by atoms with Gasteiger partial charge in [-0.3, -0.25) is 4.79 Å². The molecule has 0 saturated heterocycles. The summed E-state index contributed by atoms with van der Waals surface area (Å²) in [5.74, 6) is -0.760. The zero-order chi connectivity index (χ0) is 8.15. The molecule has 2 atom stereocenters. The van der Waals surface area contributed by atoms with Gasteiger partial charge in [-0.05, 0) is 13.3 Å². The molecule has 0 heterocycles. The van der Waals surface area contributed by atoms with Crippen LogP contribution in [-0.2, 0) is 9.53 Å². The Bertz CT molecular complexity index is 111. The highest BCUT2D eigenvalue weighted by Gasteiger charge is 2.20. The van der Waals surface area contributed by atoms with Crippen LogP contribution in [0.5, 0.6) is 0 Å². The number of methoxy groups -OCH3 is 1. The fourth-order valence-corrected chi connectivity index (χ4v) is 0.697. The lowest BCUT2D eigenvalue weighted by molar-refractivity contribution is -0.148. The Balaban J connectivity index is 3.81. The van der Waals surface area contributed by atoms with Crippen molar-refractivity contribution in [3.05, 3.63) is 0 Å². The van der Waals surface area contributed by atoms with E-state index in [1.807, 2.05) is 6.92 Å². The van der Waals surface area contributed by atoms with Crippen molar-refractivity contribution >= 4 is 5.97 Å². The molecule has 0 rings (SSSR count). The third kappa shape index (κ3) is 2.35. The fourth-order valence-electron chi connectivity index (χ4n) is 0.697. The van der Waals surface area contributed by atoms with Crippen LogP contribution in [0, 0.1) is 5.92 Å². The predicted molar refractivity (Wildman–Crippen MR) is 37.5 cm³/mol. The number of ether oxygens (including phenoxy) is 1. The molecule has 3 nitrogen and oxygen atoms in total. The molecule has 0 aliphatic rings. The van der Waals surface area contributed by atoms with Gasteiger partial charge >= 0.3 is 5.97 Å². The average molecular weight is 146 g/mol. The molecule has 0 fully saturated rings. The van der Waals surface area contributed by atoms with Crippen molar-refractivity contribution in [3.8, 4) is 0 Å². The maximum Gasteiger partial charge on any atom is 0.311 e. The molecule has 60 valence electrons. The summed E-state index contributed by atoms with van der Waals surface area (Å²) in [7, 11) is 1.32. The number of carbonyl (C=O) groups excluding carboxylic acids is 1. The molecule has 1 unspecified atom stereocenters. The first-order valence-electron chi connectivity index (χ1n) is 3.39. The average Bonchev–Trinajstić information content (AvgIpc) is 2.00. The second-order valence-corrected chi connectivity index (χ2v) is 2.29. The van der Waals surface area contributed by atoms with Crippen LogP contribution >= 0.6 is 0 Å². The van der Waals surface area contributed by atoms with Gasteiger partial charge in [-0.25, -0.2) is 0 Å². The number of aliphatic hydroxyl groups is 1. The Labute approximate surface area is 61.0 Å². The number of aliphatic hydroxyl groups excluding tert-OH is 1. The molecule has 0 bridgehead atoms. The van der Waals surface area contributed by atoms with Crippen LogP contribution < -0.4 is 0 Å². The van der Waals surface area contributed by atoms with Crippen LogP contribution in [0.2, 0.25) is 0 Å². The van der Waals surface area contributed by atoms with Gasteiger partial charge in [0, 0.05) is 0 Å². The molecular formula is C7H14O3. The molecule has 1 N–H and O–H groups in total. The third-order valence-electron chi connectivity index (χ3n) is 1.57. The highest BCUT2D eigenvalue weighted by Crippen LogP contribution is 2.07. The highest BCUT2D eigenvalue weighted by atomic mass is 16.5. The van der Waals surface area contributed by atoms with Gasteiger partial charge in [0.2, 0.25) is 0 Å². The standard InChI is InChI=1S/C7H14O3/c1-4-6(8)5(2)7(9)10-3/h5-6,8H,4H2,1-3H3/t5?,6-/m1/s1. The van der Waals surface area contributed by atoms with E-state index < -0.39 is 12.0 Å². The van der Waals surface area contributed by atoms with Crippen molar-refractivity contribution in [3.63, 3.8) is 0 Å². The van der Waals surface area contributed by atoms with Crippen molar-refractivity contribution in [2.24, 2.45) is 5.92 Å². The van der Waals surface area contributed by atoms with Crippen molar-refractivity contribution in [2.45, 2.75) is 26.4 Å². The van der Waals surface area contributed by atoms with Gasteiger partial charge in [0.25, 0.3) is 0 Å². The lowest BCUT2D eigenvalue weighted by Crippen LogP contribution is -2.25. The van der Waals surface area contributed by atoms with Gasteiger partial charge in [-0.2, -0.15) is 0 Å². The van der Waals surface area contributed by atoms with Crippen LogP contribution in [0.3, 0.4) is 0 Å². The smallest absolute Gasteiger partial charge is 0.311 e. The first-order chi connectivity index (χ1) is 4.63. The van der Waals surface area contributed by atoms with E-state index in [2.05, 4.69) is 4.74 Å². The first kappa shape index (κ1) is 9.43. The van der Waals surface area contributed by atoms with Crippen LogP contribution in [0.1, 0.15) is 20.3 Å². The maximum atomic E-state index is 10.7. The molecule has 0 aromatic rings. The minimum absolute atomic E-state index is 0.352. The van der Waals surface area contributed by atoms with Crippen molar-refractivity contribution in [2.75, 3.05) is 7.11 Å². The molecular weight excluding hydrogens is 132 g/mol. The largest absolute Gasteiger partial charge is 0.469 e. The topological polar surface area (TPSA) is 46.5 Å². The zero-order valence-corrected chi connectivity index (χ0v) is 6.63. The number of esters is 1. The number of carbonyl (C=O) groups is 1. The first-order valence-corrected chi connectivity index (χ1v) is 3.39. The van der Waals surface area contributed by atoms with Gasteiger partial charge in [0.1, 0.15) is 0 Å². The summed E-state index contributed by atoms with van der Waals surface area (Å²) >= 11 is 0. The summed E-state index contributed by atoms with van der Waals surface area (Å²) in [5, 5.41) is 9.13. The van der Waals surface area contributed by atoms with E-state index in [-0.39, 0.29) is 5.97 Å². The number of rotatable bonds is 3. The summed E-state index contributed by atoms with van der Waals surface area (Å²) < 4.78 is 4.44. The maximum absolute atomic E-state index is 10.7. The summed E-state index contributed by atoms with van der Waals surface area (Å²) in [4.78, 5) is 10.7. The third-order valence-corrected chi connectivity index (χ3v) is 1.57. The minimum atomic E-state index is -0.576.